The highest BCUT2D eigenvalue weighted by molar-refractivity contribution is 5.89. The third-order valence-corrected chi connectivity index (χ3v) is 3.90. The van der Waals surface area contributed by atoms with Crippen molar-refractivity contribution in [1.82, 2.24) is 10.2 Å². The average molecular weight is 275 g/mol. The van der Waals surface area contributed by atoms with Crippen molar-refractivity contribution in [1.29, 1.82) is 0 Å². The molecule has 1 fully saturated rings. The molecule has 4 heteroatoms. The predicted octanol–water partition coefficient (Wildman–Crippen LogP) is 2.22. The van der Waals surface area contributed by atoms with E-state index in [1.807, 2.05) is 24.3 Å². The molecule has 0 aromatic heterocycles. The zero-order valence-electron chi connectivity index (χ0n) is 12.6. The Hall–Kier alpha value is -1.39. The fraction of sp³-hybridized carbons (Fsp3) is 0.562. The highest BCUT2D eigenvalue weighted by Gasteiger charge is 2.28. The monoisotopic (exact) mass is 275 g/mol. The van der Waals surface area contributed by atoms with Gasteiger partial charge in [0.05, 0.1) is 0 Å². The van der Waals surface area contributed by atoms with E-state index in [0.29, 0.717) is 6.04 Å². The second-order valence-corrected chi connectivity index (χ2v) is 5.71. The minimum atomic E-state index is -0.0284. The number of hydrogen-bond donors (Lipinski definition) is 2. The maximum Gasteiger partial charge on any atom is 0.221 e. The highest BCUT2D eigenvalue weighted by atomic mass is 16.1. The van der Waals surface area contributed by atoms with Crippen molar-refractivity contribution in [3.8, 4) is 0 Å². The molecule has 1 unspecified atom stereocenters. The van der Waals surface area contributed by atoms with E-state index in [-0.39, 0.29) is 5.91 Å². The van der Waals surface area contributed by atoms with E-state index in [0.717, 1.165) is 30.4 Å². The summed E-state index contributed by atoms with van der Waals surface area (Å²) in [5, 5.41) is 6.36. The maximum atomic E-state index is 11.2. The molecule has 0 aliphatic heterocycles. The molecular weight excluding hydrogens is 250 g/mol. The number of benzene rings is 1. The molecule has 1 atom stereocenters. The minimum Gasteiger partial charge on any atom is -0.326 e. The molecule has 1 aliphatic carbocycles. The molecule has 0 radical (unpaired) electrons. The van der Waals surface area contributed by atoms with Gasteiger partial charge in [-0.3, -0.25) is 9.69 Å². The van der Waals surface area contributed by atoms with Crippen LogP contribution in [-0.2, 0) is 11.3 Å². The van der Waals surface area contributed by atoms with Gasteiger partial charge in [-0.15, -0.1) is 0 Å². The summed E-state index contributed by atoms with van der Waals surface area (Å²) < 4.78 is 0. The summed E-state index contributed by atoms with van der Waals surface area (Å²) in [7, 11) is 2.20. The Kier molecular flexibility index (Phi) is 5.15. The Labute approximate surface area is 121 Å². The van der Waals surface area contributed by atoms with Gasteiger partial charge < -0.3 is 10.6 Å². The van der Waals surface area contributed by atoms with Gasteiger partial charge in [0.1, 0.15) is 0 Å². The summed E-state index contributed by atoms with van der Waals surface area (Å²) in [4.78, 5) is 13.6. The second-order valence-electron chi connectivity index (χ2n) is 5.71. The Balaban J connectivity index is 1.82. The van der Waals surface area contributed by atoms with E-state index >= 15 is 0 Å². The largest absolute Gasteiger partial charge is 0.326 e. The zero-order valence-corrected chi connectivity index (χ0v) is 12.6. The molecular formula is C16H25N3O. The molecule has 4 nitrogen and oxygen atoms in total. The summed E-state index contributed by atoms with van der Waals surface area (Å²) in [5.74, 6) is -0.0284. The third-order valence-electron chi connectivity index (χ3n) is 3.90. The van der Waals surface area contributed by atoms with Crippen LogP contribution in [0.15, 0.2) is 24.3 Å². The lowest BCUT2D eigenvalue weighted by Gasteiger charge is -2.25. The number of rotatable bonds is 7. The SMILES string of the molecule is CC(=O)Nc1ccccc1CNCC(C)N(C)C1CC1. The Bertz CT molecular complexity index is 457. The van der Waals surface area contributed by atoms with Crippen LogP contribution in [0.25, 0.3) is 0 Å². The lowest BCUT2D eigenvalue weighted by molar-refractivity contribution is -0.114. The van der Waals surface area contributed by atoms with Crippen molar-refractivity contribution in [2.75, 3.05) is 18.9 Å². The standard InChI is InChI=1S/C16H25N3O/c1-12(19(3)15-8-9-15)10-17-11-14-6-4-5-7-16(14)18-13(2)20/h4-7,12,15,17H,8-11H2,1-3H3,(H,18,20). The van der Waals surface area contributed by atoms with Gasteiger partial charge in [-0.25, -0.2) is 0 Å². The first kappa shape index (κ1) is 15.0. The first-order chi connectivity index (χ1) is 9.58. The minimum absolute atomic E-state index is 0.0284. The van der Waals surface area contributed by atoms with Crippen molar-refractivity contribution >= 4 is 11.6 Å². The highest BCUT2D eigenvalue weighted by Crippen LogP contribution is 2.26. The van der Waals surface area contributed by atoms with Crippen molar-refractivity contribution in [2.45, 2.75) is 45.3 Å². The van der Waals surface area contributed by atoms with Crippen LogP contribution in [0.4, 0.5) is 5.69 Å². The van der Waals surface area contributed by atoms with Crippen LogP contribution in [0, 0.1) is 0 Å². The molecule has 1 aromatic carbocycles. The number of likely N-dealkylation sites (N-methyl/N-ethyl adjacent to an activating group) is 1. The van der Waals surface area contributed by atoms with E-state index in [1.54, 1.807) is 0 Å². The number of amides is 1. The number of anilines is 1. The summed E-state index contributed by atoms with van der Waals surface area (Å²) in [6, 6.07) is 9.26. The van der Waals surface area contributed by atoms with E-state index in [2.05, 4.69) is 29.5 Å². The molecule has 2 rings (SSSR count). The van der Waals surface area contributed by atoms with Gasteiger partial charge in [0.25, 0.3) is 0 Å². The van der Waals surface area contributed by atoms with Gasteiger partial charge in [0.2, 0.25) is 5.91 Å². The second kappa shape index (κ2) is 6.86. The smallest absolute Gasteiger partial charge is 0.221 e. The fourth-order valence-electron chi connectivity index (χ4n) is 2.39. The van der Waals surface area contributed by atoms with Gasteiger partial charge in [0.15, 0.2) is 0 Å². The topological polar surface area (TPSA) is 44.4 Å². The molecule has 110 valence electrons. The number of hydrogen-bond acceptors (Lipinski definition) is 3. The lowest BCUT2D eigenvalue weighted by atomic mass is 10.1. The zero-order chi connectivity index (χ0) is 14.5. The van der Waals surface area contributed by atoms with Crippen molar-refractivity contribution in [2.24, 2.45) is 0 Å². The molecule has 1 saturated carbocycles. The van der Waals surface area contributed by atoms with E-state index in [1.165, 1.54) is 19.8 Å². The van der Waals surface area contributed by atoms with E-state index in [9.17, 15) is 4.79 Å². The molecule has 1 amide bonds. The quantitative estimate of drug-likeness (QED) is 0.802. The van der Waals surface area contributed by atoms with E-state index < -0.39 is 0 Å². The van der Waals surface area contributed by atoms with Crippen LogP contribution in [-0.4, -0.2) is 36.5 Å². The van der Waals surface area contributed by atoms with Gasteiger partial charge in [-0.05, 0) is 38.4 Å². The van der Waals surface area contributed by atoms with Crippen molar-refractivity contribution < 1.29 is 4.79 Å². The van der Waals surface area contributed by atoms with Crippen LogP contribution in [0.2, 0.25) is 0 Å². The van der Waals surface area contributed by atoms with Gasteiger partial charge >= 0.3 is 0 Å². The average Bonchev–Trinajstić information content (AvgIpc) is 3.23. The molecule has 2 N–H and O–H groups in total. The molecule has 1 aliphatic rings. The summed E-state index contributed by atoms with van der Waals surface area (Å²) >= 11 is 0. The summed E-state index contributed by atoms with van der Waals surface area (Å²) in [5.41, 5.74) is 2.03. The van der Waals surface area contributed by atoms with Crippen LogP contribution in [0.3, 0.4) is 0 Å². The first-order valence-corrected chi connectivity index (χ1v) is 7.36. The lowest BCUT2D eigenvalue weighted by Crippen LogP contribution is -2.39. The number of para-hydroxylation sites is 1. The van der Waals surface area contributed by atoms with Crippen LogP contribution in [0.1, 0.15) is 32.3 Å². The van der Waals surface area contributed by atoms with Gasteiger partial charge in [-0.2, -0.15) is 0 Å². The van der Waals surface area contributed by atoms with Crippen molar-refractivity contribution in [3.63, 3.8) is 0 Å². The maximum absolute atomic E-state index is 11.2. The van der Waals surface area contributed by atoms with Crippen LogP contribution >= 0.6 is 0 Å². The fourth-order valence-corrected chi connectivity index (χ4v) is 2.39. The molecule has 0 heterocycles. The molecule has 0 saturated heterocycles. The summed E-state index contributed by atoms with van der Waals surface area (Å²) in [6.07, 6.45) is 2.68. The Morgan fingerprint density at radius 2 is 2.10 bits per heavy atom. The molecule has 1 aromatic rings. The molecule has 0 bridgehead atoms. The Morgan fingerprint density at radius 3 is 2.75 bits per heavy atom. The van der Waals surface area contributed by atoms with Gasteiger partial charge in [-0.1, -0.05) is 18.2 Å². The molecule has 20 heavy (non-hydrogen) atoms. The summed E-state index contributed by atoms with van der Waals surface area (Å²) in [6.45, 7) is 5.53. The first-order valence-electron chi connectivity index (χ1n) is 7.36. The third kappa shape index (κ3) is 4.32. The van der Waals surface area contributed by atoms with Crippen molar-refractivity contribution in [3.05, 3.63) is 29.8 Å². The number of carbonyl (C=O) groups excluding carboxylic acids is 1. The number of nitrogens with zero attached hydrogens (tertiary/aromatic N) is 1. The van der Waals surface area contributed by atoms with E-state index in [4.69, 9.17) is 0 Å². The Morgan fingerprint density at radius 1 is 1.40 bits per heavy atom. The normalized spacial score (nSPS) is 16.2. The number of nitrogens with one attached hydrogen (secondary N) is 2. The van der Waals surface area contributed by atoms with Gasteiger partial charge in [0, 0.05) is 37.8 Å². The van der Waals surface area contributed by atoms with Crippen LogP contribution < -0.4 is 10.6 Å². The molecule has 0 spiro atoms. The predicted molar refractivity (Wildman–Crippen MR) is 82.7 cm³/mol. The number of carbonyl (C=O) groups is 1. The van der Waals surface area contributed by atoms with Crippen LogP contribution in [0.5, 0.6) is 0 Å².